The molecule has 0 unspecified atom stereocenters. The third-order valence-corrected chi connectivity index (χ3v) is 3.00. The first-order valence-electron chi connectivity index (χ1n) is 6.78. The number of hydrogen-bond donors (Lipinski definition) is 1. The van der Waals surface area contributed by atoms with Gasteiger partial charge in [0.25, 0.3) is 0 Å². The van der Waals surface area contributed by atoms with Gasteiger partial charge >= 0.3 is 5.97 Å². The van der Waals surface area contributed by atoms with Gasteiger partial charge < -0.3 is 14.7 Å². The van der Waals surface area contributed by atoms with Crippen LogP contribution < -0.4 is 4.90 Å². The largest absolute Gasteiger partial charge is 0.508 e. The van der Waals surface area contributed by atoms with Crippen LogP contribution >= 0.6 is 0 Å². The molecule has 0 fully saturated rings. The summed E-state index contributed by atoms with van der Waals surface area (Å²) in [6.07, 6.45) is 1.90. The number of rotatable bonds is 7. The van der Waals surface area contributed by atoms with Crippen LogP contribution in [0.5, 0.6) is 5.75 Å². The van der Waals surface area contributed by atoms with E-state index < -0.39 is 0 Å². The number of likely N-dealkylation sites (N-methyl/N-ethyl adjacent to an activating group) is 1. The van der Waals surface area contributed by atoms with Gasteiger partial charge in [-0.3, -0.25) is 4.79 Å². The zero-order valence-corrected chi connectivity index (χ0v) is 12.0. The lowest BCUT2D eigenvalue weighted by atomic mass is 10.1. The molecule has 0 saturated carbocycles. The summed E-state index contributed by atoms with van der Waals surface area (Å²) in [5.41, 5.74) is 1.90. The van der Waals surface area contributed by atoms with Crippen molar-refractivity contribution in [3.05, 3.63) is 23.8 Å². The lowest BCUT2D eigenvalue weighted by molar-refractivity contribution is -0.142. The Labute approximate surface area is 115 Å². The molecule has 1 rings (SSSR count). The van der Waals surface area contributed by atoms with E-state index in [1.807, 2.05) is 24.8 Å². The van der Waals surface area contributed by atoms with Crippen LogP contribution in [0.3, 0.4) is 0 Å². The monoisotopic (exact) mass is 265 g/mol. The number of hydrogen-bond acceptors (Lipinski definition) is 4. The predicted molar refractivity (Wildman–Crippen MR) is 76.6 cm³/mol. The van der Waals surface area contributed by atoms with E-state index in [-0.39, 0.29) is 18.3 Å². The first-order valence-corrected chi connectivity index (χ1v) is 6.78. The molecule has 0 aromatic heterocycles. The van der Waals surface area contributed by atoms with Crippen molar-refractivity contribution in [2.75, 3.05) is 24.6 Å². The highest BCUT2D eigenvalue weighted by Gasteiger charge is 2.13. The van der Waals surface area contributed by atoms with E-state index in [1.54, 1.807) is 12.1 Å². The summed E-state index contributed by atoms with van der Waals surface area (Å²) in [6.45, 7) is 7.37. The third kappa shape index (κ3) is 4.81. The summed E-state index contributed by atoms with van der Waals surface area (Å²) in [6, 6.07) is 5.17. The molecular formula is C15H23NO3. The minimum atomic E-state index is -0.224. The minimum Gasteiger partial charge on any atom is -0.508 e. The molecule has 0 radical (unpaired) electrons. The molecule has 0 bridgehead atoms. The van der Waals surface area contributed by atoms with E-state index in [4.69, 9.17) is 4.74 Å². The number of unbranched alkanes of at least 4 members (excludes halogenated alkanes) is 1. The molecule has 0 spiro atoms. The highest BCUT2D eigenvalue weighted by molar-refractivity contribution is 5.76. The van der Waals surface area contributed by atoms with Gasteiger partial charge in [-0.05, 0) is 31.9 Å². The van der Waals surface area contributed by atoms with Crippen molar-refractivity contribution >= 4 is 11.7 Å². The van der Waals surface area contributed by atoms with Crippen molar-refractivity contribution < 1.29 is 14.6 Å². The average Bonchev–Trinajstić information content (AvgIpc) is 2.39. The summed E-state index contributed by atoms with van der Waals surface area (Å²) in [4.78, 5) is 13.6. The van der Waals surface area contributed by atoms with Crippen LogP contribution in [0.1, 0.15) is 32.3 Å². The van der Waals surface area contributed by atoms with Gasteiger partial charge in [0.05, 0.1) is 6.61 Å². The average molecular weight is 265 g/mol. The number of esters is 1. The highest BCUT2D eigenvalue weighted by Crippen LogP contribution is 2.24. The summed E-state index contributed by atoms with van der Waals surface area (Å²) in [5, 5.41) is 9.55. The summed E-state index contributed by atoms with van der Waals surface area (Å²) in [5.74, 6) is -0.0172. The van der Waals surface area contributed by atoms with Gasteiger partial charge in [-0.25, -0.2) is 0 Å². The Morgan fingerprint density at radius 2 is 2.11 bits per heavy atom. The van der Waals surface area contributed by atoms with E-state index in [9.17, 15) is 9.90 Å². The number of aryl methyl sites for hydroxylation is 1. The van der Waals surface area contributed by atoms with Gasteiger partial charge in [0.15, 0.2) is 0 Å². The molecule has 0 saturated heterocycles. The van der Waals surface area contributed by atoms with Gasteiger partial charge in [-0.1, -0.05) is 19.4 Å². The van der Waals surface area contributed by atoms with Crippen molar-refractivity contribution in [1.29, 1.82) is 0 Å². The number of nitrogens with zero attached hydrogens (tertiary/aromatic N) is 1. The Bertz CT molecular complexity index is 418. The second-order valence-corrected chi connectivity index (χ2v) is 4.56. The summed E-state index contributed by atoms with van der Waals surface area (Å²) >= 11 is 0. The maximum absolute atomic E-state index is 11.7. The van der Waals surface area contributed by atoms with Gasteiger partial charge in [-0.15, -0.1) is 0 Å². The molecular weight excluding hydrogens is 242 g/mol. The quantitative estimate of drug-likeness (QED) is 0.608. The molecule has 0 heterocycles. The highest BCUT2D eigenvalue weighted by atomic mass is 16.5. The molecule has 4 nitrogen and oxygen atoms in total. The number of aromatic hydroxyl groups is 1. The second-order valence-electron chi connectivity index (χ2n) is 4.56. The van der Waals surface area contributed by atoms with Crippen molar-refractivity contribution in [2.24, 2.45) is 0 Å². The second kappa shape index (κ2) is 7.67. The predicted octanol–water partition coefficient (Wildman–Crippen LogP) is 2.87. The SMILES string of the molecule is CCCCOC(=O)CN(CC)c1cc(O)ccc1C. The summed E-state index contributed by atoms with van der Waals surface area (Å²) < 4.78 is 5.16. The van der Waals surface area contributed by atoms with Gasteiger partial charge in [0.2, 0.25) is 0 Å². The third-order valence-electron chi connectivity index (χ3n) is 3.00. The number of phenols is 1. The van der Waals surface area contributed by atoms with E-state index in [0.29, 0.717) is 13.2 Å². The summed E-state index contributed by atoms with van der Waals surface area (Å²) in [7, 11) is 0. The molecule has 4 heteroatoms. The van der Waals surface area contributed by atoms with Crippen LogP contribution in [0.15, 0.2) is 18.2 Å². The maximum Gasteiger partial charge on any atom is 0.325 e. The number of ether oxygens (including phenoxy) is 1. The Balaban J connectivity index is 2.67. The molecule has 1 aromatic rings. The molecule has 1 N–H and O–H groups in total. The van der Waals surface area contributed by atoms with E-state index >= 15 is 0 Å². The van der Waals surface area contributed by atoms with Crippen molar-refractivity contribution in [3.8, 4) is 5.75 Å². The lowest BCUT2D eigenvalue weighted by Gasteiger charge is -2.24. The zero-order valence-electron chi connectivity index (χ0n) is 12.0. The van der Waals surface area contributed by atoms with Crippen LogP contribution in [0.25, 0.3) is 0 Å². The van der Waals surface area contributed by atoms with Crippen LogP contribution in [0.4, 0.5) is 5.69 Å². The maximum atomic E-state index is 11.7. The molecule has 19 heavy (non-hydrogen) atoms. The zero-order chi connectivity index (χ0) is 14.3. The Morgan fingerprint density at radius 1 is 1.37 bits per heavy atom. The molecule has 0 aliphatic carbocycles. The molecule has 0 atom stereocenters. The molecule has 0 aliphatic rings. The Kier molecular flexibility index (Phi) is 6.19. The first kappa shape index (κ1) is 15.3. The normalized spacial score (nSPS) is 10.3. The van der Waals surface area contributed by atoms with Crippen molar-refractivity contribution in [1.82, 2.24) is 0 Å². The van der Waals surface area contributed by atoms with Crippen LogP contribution in [0, 0.1) is 6.92 Å². The lowest BCUT2D eigenvalue weighted by Crippen LogP contribution is -2.31. The molecule has 0 amide bonds. The minimum absolute atomic E-state index is 0.207. The molecule has 106 valence electrons. The van der Waals surface area contributed by atoms with E-state index in [2.05, 4.69) is 6.92 Å². The topological polar surface area (TPSA) is 49.8 Å². The van der Waals surface area contributed by atoms with Crippen LogP contribution in [-0.4, -0.2) is 30.8 Å². The number of carbonyl (C=O) groups is 1. The number of carbonyl (C=O) groups excluding carboxylic acids is 1. The van der Waals surface area contributed by atoms with Crippen molar-refractivity contribution in [2.45, 2.75) is 33.6 Å². The van der Waals surface area contributed by atoms with Crippen LogP contribution in [0.2, 0.25) is 0 Å². The van der Waals surface area contributed by atoms with Crippen molar-refractivity contribution in [3.63, 3.8) is 0 Å². The van der Waals surface area contributed by atoms with Crippen LogP contribution in [-0.2, 0) is 9.53 Å². The van der Waals surface area contributed by atoms with Gasteiger partial charge in [-0.2, -0.15) is 0 Å². The molecule has 1 aromatic carbocycles. The van der Waals surface area contributed by atoms with Gasteiger partial charge in [0.1, 0.15) is 12.3 Å². The fourth-order valence-electron chi connectivity index (χ4n) is 1.84. The number of anilines is 1. The molecule has 0 aliphatic heterocycles. The fraction of sp³-hybridized carbons (Fsp3) is 0.533. The Hall–Kier alpha value is -1.71. The van der Waals surface area contributed by atoms with Gasteiger partial charge in [0, 0.05) is 18.3 Å². The van der Waals surface area contributed by atoms with E-state index in [0.717, 1.165) is 24.1 Å². The smallest absolute Gasteiger partial charge is 0.325 e. The fourth-order valence-corrected chi connectivity index (χ4v) is 1.84. The number of benzene rings is 1. The number of phenolic OH excluding ortho intramolecular Hbond substituents is 1. The Morgan fingerprint density at radius 3 is 2.74 bits per heavy atom. The standard InChI is InChI=1S/C15H23NO3/c1-4-6-9-19-15(18)11-16(5-2)14-10-13(17)8-7-12(14)3/h7-8,10,17H,4-6,9,11H2,1-3H3. The van der Waals surface area contributed by atoms with E-state index in [1.165, 1.54) is 0 Å². The first-order chi connectivity index (χ1) is 9.08.